The van der Waals surface area contributed by atoms with Gasteiger partial charge >= 0.3 is 0 Å². The summed E-state index contributed by atoms with van der Waals surface area (Å²) < 4.78 is 0. The maximum absolute atomic E-state index is 5.88. The van der Waals surface area contributed by atoms with Gasteiger partial charge in [0, 0.05) is 18.9 Å². The van der Waals surface area contributed by atoms with Crippen LogP contribution in [0.5, 0.6) is 0 Å². The molecule has 0 saturated carbocycles. The largest absolute Gasteiger partial charge is 0.358 e. The first-order valence-electron chi connectivity index (χ1n) is 5.54. The van der Waals surface area contributed by atoms with E-state index in [1.165, 1.54) is 0 Å². The van der Waals surface area contributed by atoms with Crippen LogP contribution in [0.2, 0.25) is 0 Å². The van der Waals surface area contributed by atoms with E-state index >= 15 is 0 Å². The molecule has 0 fully saturated rings. The Morgan fingerprint density at radius 2 is 2.00 bits per heavy atom. The Labute approximate surface area is 101 Å². The van der Waals surface area contributed by atoms with Gasteiger partial charge in [-0.05, 0) is 12.5 Å². The molecular weight excluding hydrogens is 212 g/mol. The van der Waals surface area contributed by atoms with Crippen LogP contribution in [0.3, 0.4) is 0 Å². The molecule has 1 unspecified atom stereocenters. The SMILES string of the molecule is CC(CN)(Nc1cnccn1)c1ccccc1. The summed E-state index contributed by atoms with van der Waals surface area (Å²) >= 11 is 0. The van der Waals surface area contributed by atoms with Crippen molar-refractivity contribution in [3.63, 3.8) is 0 Å². The van der Waals surface area contributed by atoms with Crippen molar-refractivity contribution in [2.24, 2.45) is 5.73 Å². The molecule has 0 spiro atoms. The molecule has 1 atom stereocenters. The first-order chi connectivity index (χ1) is 8.24. The number of anilines is 1. The molecule has 0 amide bonds. The zero-order valence-electron chi connectivity index (χ0n) is 9.80. The molecule has 3 N–H and O–H groups in total. The number of hydrogen-bond acceptors (Lipinski definition) is 4. The predicted molar refractivity (Wildman–Crippen MR) is 68.5 cm³/mol. The Morgan fingerprint density at radius 1 is 1.24 bits per heavy atom. The molecule has 88 valence electrons. The number of nitrogens with one attached hydrogen (secondary N) is 1. The average molecular weight is 228 g/mol. The third kappa shape index (κ3) is 2.60. The zero-order chi connectivity index (χ0) is 12.1. The van der Waals surface area contributed by atoms with Crippen LogP contribution in [0.1, 0.15) is 12.5 Å². The van der Waals surface area contributed by atoms with Crippen LogP contribution >= 0.6 is 0 Å². The van der Waals surface area contributed by atoms with Crippen LogP contribution in [-0.2, 0) is 5.54 Å². The highest BCUT2D eigenvalue weighted by Gasteiger charge is 2.24. The Balaban J connectivity index is 2.27. The topological polar surface area (TPSA) is 63.8 Å². The monoisotopic (exact) mass is 228 g/mol. The highest BCUT2D eigenvalue weighted by molar-refractivity contribution is 5.39. The molecule has 0 saturated heterocycles. The number of hydrogen-bond donors (Lipinski definition) is 2. The molecule has 0 aliphatic rings. The van der Waals surface area contributed by atoms with Gasteiger partial charge in [0.2, 0.25) is 0 Å². The Hall–Kier alpha value is -1.94. The molecule has 2 aromatic rings. The van der Waals surface area contributed by atoms with Crippen molar-refractivity contribution in [2.75, 3.05) is 11.9 Å². The molecule has 2 rings (SSSR count). The van der Waals surface area contributed by atoms with E-state index in [1.807, 2.05) is 18.2 Å². The fraction of sp³-hybridized carbons (Fsp3) is 0.231. The van der Waals surface area contributed by atoms with E-state index in [4.69, 9.17) is 5.73 Å². The molecule has 0 aliphatic carbocycles. The maximum atomic E-state index is 5.88. The molecule has 0 aliphatic heterocycles. The van der Waals surface area contributed by atoms with E-state index in [0.717, 1.165) is 11.4 Å². The van der Waals surface area contributed by atoms with Gasteiger partial charge in [-0.3, -0.25) is 4.98 Å². The van der Waals surface area contributed by atoms with Gasteiger partial charge in [-0.1, -0.05) is 30.3 Å². The molecule has 4 nitrogen and oxygen atoms in total. The summed E-state index contributed by atoms with van der Waals surface area (Å²) in [5, 5.41) is 3.32. The van der Waals surface area contributed by atoms with Crippen molar-refractivity contribution >= 4 is 5.82 Å². The zero-order valence-corrected chi connectivity index (χ0v) is 9.80. The molecule has 1 aromatic carbocycles. The summed E-state index contributed by atoms with van der Waals surface area (Å²) in [6.07, 6.45) is 4.99. The third-order valence-electron chi connectivity index (χ3n) is 2.79. The number of benzene rings is 1. The highest BCUT2D eigenvalue weighted by Crippen LogP contribution is 2.23. The Kier molecular flexibility index (Phi) is 3.35. The molecule has 0 radical (unpaired) electrons. The summed E-state index contributed by atoms with van der Waals surface area (Å²) in [6.45, 7) is 2.53. The van der Waals surface area contributed by atoms with Gasteiger partial charge in [0.05, 0.1) is 11.7 Å². The number of rotatable bonds is 4. The quantitative estimate of drug-likeness (QED) is 0.837. The van der Waals surface area contributed by atoms with Gasteiger partial charge in [0.1, 0.15) is 5.82 Å². The fourth-order valence-electron chi connectivity index (χ4n) is 1.69. The molecule has 17 heavy (non-hydrogen) atoms. The standard InChI is InChI=1S/C13H16N4/c1-13(10-14,11-5-3-2-4-6-11)17-12-9-15-7-8-16-12/h2-9H,10,14H2,1H3,(H,16,17). The van der Waals surface area contributed by atoms with E-state index < -0.39 is 0 Å². The van der Waals surface area contributed by atoms with Gasteiger partial charge < -0.3 is 11.1 Å². The molecule has 1 aromatic heterocycles. The Morgan fingerprint density at radius 3 is 2.59 bits per heavy atom. The van der Waals surface area contributed by atoms with Crippen LogP contribution in [-0.4, -0.2) is 16.5 Å². The normalized spacial score (nSPS) is 14.0. The van der Waals surface area contributed by atoms with Crippen molar-refractivity contribution in [3.8, 4) is 0 Å². The third-order valence-corrected chi connectivity index (χ3v) is 2.79. The lowest BCUT2D eigenvalue weighted by atomic mass is 9.92. The van der Waals surface area contributed by atoms with E-state index in [-0.39, 0.29) is 5.54 Å². The van der Waals surface area contributed by atoms with Crippen molar-refractivity contribution in [1.82, 2.24) is 9.97 Å². The van der Waals surface area contributed by atoms with Gasteiger partial charge in [-0.25, -0.2) is 4.98 Å². The maximum Gasteiger partial charge on any atom is 0.145 e. The lowest BCUT2D eigenvalue weighted by Gasteiger charge is -2.30. The van der Waals surface area contributed by atoms with Crippen molar-refractivity contribution in [1.29, 1.82) is 0 Å². The minimum absolute atomic E-state index is 0.336. The lowest BCUT2D eigenvalue weighted by Crippen LogP contribution is -2.39. The van der Waals surface area contributed by atoms with E-state index in [2.05, 4.69) is 34.3 Å². The van der Waals surface area contributed by atoms with Gasteiger partial charge in [-0.2, -0.15) is 0 Å². The van der Waals surface area contributed by atoms with Crippen LogP contribution < -0.4 is 11.1 Å². The van der Waals surface area contributed by atoms with Crippen molar-refractivity contribution < 1.29 is 0 Å². The summed E-state index contributed by atoms with van der Waals surface area (Å²) in [4.78, 5) is 8.24. The second-order valence-corrected chi connectivity index (χ2v) is 4.12. The van der Waals surface area contributed by atoms with Crippen molar-refractivity contribution in [3.05, 3.63) is 54.5 Å². The number of nitrogens with zero attached hydrogens (tertiary/aromatic N) is 2. The van der Waals surface area contributed by atoms with Crippen LogP contribution in [0.4, 0.5) is 5.82 Å². The number of aromatic nitrogens is 2. The number of nitrogens with two attached hydrogens (primary N) is 1. The molecular formula is C13H16N4. The molecule has 1 heterocycles. The highest BCUT2D eigenvalue weighted by atomic mass is 15.1. The lowest BCUT2D eigenvalue weighted by molar-refractivity contribution is 0.553. The average Bonchev–Trinajstić information content (AvgIpc) is 2.41. The van der Waals surface area contributed by atoms with E-state index in [1.54, 1.807) is 18.6 Å². The molecule has 0 bridgehead atoms. The van der Waals surface area contributed by atoms with E-state index in [0.29, 0.717) is 6.54 Å². The fourth-order valence-corrected chi connectivity index (χ4v) is 1.69. The first-order valence-corrected chi connectivity index (χ1v) is 5.54. The predicted octanol–water partition coefficient (Wildman–Crippen LogP) is 1.76. The minimum atomic E-state index is -0.336. The summed E-state index contributed by atoms with van der Waals surface area (Å²) in [6, 6.07) is 10.1. The second-order valence-electron chi connectivity index (χ2n) is 4.12. The first kappa shape index (κ1) is 11.5. The van der Waals surface area contributed by atoms with Gasteiger partial charge in [-0.15, -0.1) is 0 Å². The second kappa shape index (κ2) is 4.93. The Bertz CT molecular complexity index is 457. The van der Waals surface area contributed by atoms with Crippen LogP contribution in [0.25, 0.3) is 0 Å². The summed E-state index contributed by atoms with van der Waals surface area (Å²) in [7, 11) is 0. The van der Waals surface area contributed by atoms with Gasteiger partial charge in [0.25, 0.3) is 0 Å². The van der Waals surface area contributed by atoms with Gasteiger partial charge in [0.15, 0.2) is 0 Å². The van der Waals surface area contributed by atoms with Crippen LogP contribution in [0.15, 0.2) is 48.9 Å². The van der Waals surface area contributed by atoms with E-state index in [9.17, 15) is 0 Å². The van der Waals surface area contributed by atoms with Crippen LogP contribution in [0, 0.1) is 0 Å². The smallest absolute Gasteiger partial charge is 0.145 e. The molecule has 4 heteroatoms. The summed E-state index contributed by atoms with van der Waals surface area (Å²) in [5.41, 5.74) is 6.67. The summed E-state index contributed by atoms with van der Waals surface area (Å²) in [5.74, 6) is 0.726. The minimum Gasteiger partial charge on any atom is -0.358 e. The van der Waals surface area contributed by atoms with Crippen molar-refractivity contribution in [2.45, 2.75) is 12.5 Å².